The summed E-state index contributed by atoms with van der Waals surface area (Å²) in [6, 6.07) is 7.55. The van der Waals surface area contributed by atoms with Gasteiger partial charge >= 0.3 is 0 Å². The zero-order valence-electron chi connectivity index (χ0n) is 14.6. The van der Waals surface area contributed by atoms with Gasteiger partial charge in [-0.2, -0.15) is 0 Å². The highest BCUT2D eigenvalue weighted by Gasteiger charge is 2.34. The summed E-state index contributed by atoms with van der Waals surface area (Å²) < 4.78 is 25.5. The van der Waals surface area contributed by atoms with E-state index in [1.54, 1.807) is 12.1 Å². The minimum Gasteiger partial charge on any atom is -0.326 e. The fourth-order valence-electron chi connectivity index (χ4n) is 3.76. The maximum atomic E-state index is 12.3. The molecule has 0 spiro atoms. The van der Waals surface area contributed by atoms with Crippen molar-refractivity contribution in [1.29, 1.82) is 0 Å². The summed E-state index contributed by atoms with van der Waals surface area (Å²) in [5.41, 5.74) is 0.528. The van der Waals surface area contributed by atoms with Gasteiger partial charge in [-0.25, -0.2) is 12.7 Å². The standard InChI is InChI=1S/C17H25N3O3S.ClH/c1-20(2)24(22,23)16-5-3-4-13(11-16)19-17(21)10-12-8-14-6-7-15(9-12)18-14;/h3-5,11-12,14-15,18H,6-10H2,1-2H3,(H,19,21);1H. The molecular formula is C17H26ClN3O3S. The van der Waals surface area contributed by atoms with Crippen molar-refractivity contribution in [2.75, 3.05) is 19.4 Å². The number of anilines is 1. The number of nitrogens with one attached hydrogen (secondary N) is 2. The van der Waals surface area contributed by atoms with E-state index in [-0.39, 0.29) is 23.2 Å². The summed E-state index contributed by atoms with van der Waals surface area (Å²) in [6.45, 7) is 0. The first-order valence-electron chi connectivity index (χ1n) is 8.43. The minimum atomic E-state index is -3.49. The highest BCUT2D eigenvalue weighted by atomic mass is 35.5. The summed E-state index contributed by atoms with van der Waals surface area (Å²) in [5, 5.41) is 6.42. The Hall–Kier alpha value is -1.15. The quantitative estimate of drug-likeness (QED) is 0.811. The van der Waals surface area contributed by atoms with Crippen molar-refractivity contribution >= 4 is 34.0 Å². The lowest BCUT2D eigenvalue weighted by Gasteiger charge is -2.28. The summed E-state index contributed by atoms with van der Waals surface area (Å²) in [7, 11) is -0.511. The van der Waals surface area contributed by atoms with E-state index >= 15 is 0 Å². The lowest BCUT2D eigenvalue weighted by molar-refractivity contribution is -0.117. The van der Waals surface area contributed by atoms with Gasteiger partial charge in [0.15, 0.2) is 0 Å². The molecule has 2 aliphatic rings. The first-order chi connectivity index (χ1) is 11.3. The number of halogens is 1. The third kappa shape index (κ3) is 4.73. The Morgan fingerprint density at radius 1 is 1.24 bits per heavy atom. The average Bonchev–Trinajstić information content (AvgIpc) is 2.86. The molecule has 25 heavy (non-hydrogen) atoms. The summed E-state index contributed by atoms with van der Waals surface area (Å²) in [5.74, 6) is 0.373. The molecule has 2 atom stereocenters. The van der Waals surface area contributed by atoms with Gasteiger partial charge in [0.25, 0.3) is 0 Å². The van der Waals surface area contributed by atoms with E-state index in [4.69, 9.17) is 0 Å². The Bertz CT molecular complexity index is 712. The van der Waals surface area contributed by atoms with Gasteiger partial charge < -0.3 is 10.6 Å². The number of amides is 1. The molecule has 8 heteroatoms. The van der Waals surface area contributed by atoms with Crippen LogP contribution in [0.5, 0.6) is 0 Å². The van der Waals surface area contributed by atoms with E-state index < -0.39 is 10.0 Å². The monoisotopic (exact) mass is 387 g/mol. The van der Waals surface area contributed by atoms with Crippen molar-refractivity contribution in [2.45, 2.75) is 49.1 Å². The molecule has 2 fully saturated rings. The van der Waals surface area contributed by atoms with Gasteiger partial charge in [-0.3, -0.25) is 4.79 Å². The van der Waals surface area contributed by atoms with Crippen molar-refractivity contribution in [3.63, 3.8) is 0 Å². The Balaban J connectivity index is 0.00000225. The van der Waals surface area contributed by atoms with Gasteiger partial charge in [0, 0.05) is 38.3 Å². The molecule has 1 aromatic carbocycles. The Morgan fingerprint density at radius 3 is 2.48 bits per heavy atom. The molecule has 140 valence electrons. The number of carbonyl (C=O) groups is 1. The first-order valence-corrected chi connectivity index (χ1v) is 9.87. The van der Waals surface area contributed by atoms with Gasteiger partial charge in [-0.1, -0.05) is 6.07 Å². The maximum Gasteiger partial charge on any atom is 0.242 e. The van der Waals surface area contributed by atoms with Crippen molar-refractivity contribution < 1.29 is 13.2 Å². The van der Waals surface area contributed by atoms with Crippen LogP contribution in [0.4, 0.5) is 5.69 Å². The van der Waals surface area contributed by atoms with Crippen LogP contribution in [0.2, 0.25) is 0 Å². The number of carbonyl (C=O) groups excluding carboxylic acids is 1. The van der Waals surface area contributed by atoms with E-state index in [9.17, 15) is 13.2 Å². The van der Waals surface area contributed by atoms with E-state index in [1.807, 2.05) is 0 Å². The number of benzene rings is 1. The smallest absolute Gasteiger partial charge is 0.242 e. The summed E-state index contributed by atoms with van der Waals surface area (Å²) in [6.07, 6.45) is 5.04. The molecule has 3 rings (SSSR count). The molecule has 2 aliphatic heterocycles. The van der Waals surface area contributed by atoms with Crippen LogP contribution in [0.25, 0.3) is 0 Å². The zero-order valence-corrected chi connectivity index (χ0v) is 16.2. The second kappa shape index (κ2) is 8.03. The number of nitrogens with zero attached hydrogens (tertiary/aromatic N) is 1. The molecule has 0 radical (unpaired) electrons. The summed E-state index contributed by atoms with van der Waals surface area (Å²) >= 11 is 0. The van der Waals surface area contributed by atoms with Crippen LogP contribution in [-0.2, 0) is 14.8 Å². The van der Waals surface area contributed by atoms with Crippen LogP contribution in [0.15, 0.2) is 29.2 Å². The lowest BCUT2D eigenvalue weighted by Crippen LogP contribution is -2.39. The van der Waals surface area contributed by atoms with E-state index in [1.165, 1.54) is 43.4 Å². The fourth-order valence-corrected chi connectivity index (χ4v) is 4.71. The SMILES string of the molecule is CN(C)S(=O)(=O)c1cccc(NC(=O)CC2CC3CCC(C2)N3)c1.Cl. The molecular weight excluding hydrogens is 362 g/mol. The predicted molar refractivity (Wildman–Crippen MR) is 100 cm³/mol. The van der Waals surface area contributed by atoms with Crippen molar-refractivity contribution in [2.24, 2.45) is 5.92 Å². The predicted octanol–water partition coefficient (Wildman–Crippen LogP) is 2.22. The summed E-state index contributed by atoms with van der Waals surface area (Å²) in [4.78, 5) is 12.5. The van der Waals surface area contributed by atoms with Gasteiger partial charge in [-0.15, -0.1) is 12.4 Å². The van der Waals surface area contributed by atoms with E-state index in [2.05, 4.69) is 10.6 Å². The van der Waals surface area contributed by atoms with Crippen LogP contribution in [-0.4, -0.2) is 44.8 Å². The topological polar surface area (TPSA) is 78.5 Å². The third-order valence-corrected chi connectivity index (χ3v) is 6.75. The normalized spacial score (nSPS) is 25.5. The Morgan fingerprint density at radius 2 is 1.88 bits per heavy atom. The number of piperidine rings is 1. The lowest BCUT2D eigenvalue weighted by atomic mass is 9.89. The highest BCUT2D eigenvalue weighted by molar-refractivity contribution is 7.89. The number of sulfonamides is 1. The second-order valence-electron chi connectivity index (χ2n) is 7.04. The molecule has 1 aromatic rings. The van der Waals surface area contributed by atoms with Gasteiger partial charge in [0.1, 0.15) is 0 Å². The highest BCUT2D eigenvalue weighted by Crippen LogP contribution is 2.32. The number of rotatable bonds is 5. The van der Waals surface area contributed by atoms with Crippen LogP contribution >= 0.6 is 12.4 Å². The zero-order chi connectivity index (χ0) is 17.3. The van der Waals surface area contributed by atoms with E-state index in [0.29, 0.717) is 30.1 Å². The minimum absolute atomic E-state index is 0. The number of hydrogen-bond acceptors (Lipinski definition) is 4. The largest absolute Gasteiger partial charge is 0.326 e. The van der Waals surface area contributed by atoms with E-state index in [0.717, 1.165) is 12.8 Å². The van der Waals surface area contributed by atoms with Crippen LogP contribution in [0.3, 0.4) is 0 Å². The van der Waals surface area contributed by atoms with Gasteiger partial charge in [0.2, 0.25) is 15.9 Å². The molecule has 2 heterocycles. The molecule has 6 nitrogen and oxygen atoms in total. The average molecular weight is 388 g/mol. The molecule has 2 N–H and O–H groups in total. The Labute approximate surface area is 155 Å². The van der Waals surface area contributed by atoms with Crippen LogP contribution in [0.1, 0.15) is 32.1 Å². The number of hydrogen-bond donors (Lipinski definition) is 2. The molecule has 0 saturated carbocycles. The van der Waals surface area contributed by atoms with Crippen LogP contribution < -0.4 is 10.6 Å². The van der Waals surface area contributed by atoms with Gasteiger partial charge in [0.05, 0.1) is 4.90 Å². The third-order valence-electron chi connectivity index (χ3n) is 4.94. The fraction of sp³-hybridized carbons (Fsp3) is 0.588. The van der Waals surface area contributed by atoms with Crippen molar-refractivity contribution in [1.82, 2.24) is 9.62 Å². The molecule has 2 unspecified atom stereocenters. The molecule has 0 aromatic heterocycles. The first kappa shape index (κ1) is 20.2. The van der Waals surface area contributed by atoms with Gasteiger partial charge in [-0.05, 0) is 49.8 Å². The Kier molecular flexibility index (Phi) is 6.48. The molecule has 1 amide bonds. The molecule has 0 aliphatic carbocycles. The number of fused-ring (bicyclic) bond motifs is 2. The molecule has 2 saturated heterocycles. The maximum absolute atomic E-state index is 12.3. The molecule has 2 bridgehead atoms. The second-order valence-corrected chi connectivity index (χ2v) is 9.19. The van der Waals surface area contributed by atoms with Crippen molar-refractivity contribution in [3.8, 4) is 0 Å². The van der Waals surface area contributed by atoms with Crippen LogP contribution in [0, 0.1) is 5.92 Å². The van der Waals surface area contributed by atoms with Crippen molar-refractivity contribution in [3.05, 3.63) is 24.3 Å².